The molecule has 2 amide bonds. The molecule has 5 rings (SSSR count). The molecule has 45 heavy (non-hydrogen) atoms. The number of rotatable bonds is 10. The van der Waals surface area contributed by atoms with Gasteiger partial charge in [-0.25, -0.2) is 22.7 Å². The van der Waals surface area contributed by atoms with E-state index in [2.05, 4.69) is 31.9 Å². The monoisotopic (exact) mass is 641 g/mol. The molecular formula is C27H26F3N11O3S. The van der Waals surface area contributed by atoms with Crippen LogP contribution < -0.4 is 16.0 Å². The van der Waals surface area contributed by atoms with Gasteiger partial charge in [0.05, 0.1) is 36.1 Å². The number of carbonyl (C=O) groups excluding carboxylic acids is 1. The normalized spacial score (nSPS) is 15.2. The first-order chi connectivity index (χ1) is 21.3. The van der Waals surface area contributed by atoms with Crippen molar-refractivity contribution in [1.29, 1.82) is 10.7 Å². The number of fused-ring (bicyclic) bond motifs is 1. The van der Waals surface area contributed by atoms with E-state index in [0.29, 0.717) is 28.0 Å². The lowest BCUT2D eigenvalue weighted by Crippen LogP contribution is -2.69. The number of aryl methyl sites for hydroxylation is 1. The zero-order valence-electron chi connectivity index (χ0n) is 23.6. The predicted molar refractivity (Wildman–Crippen MR) is 156 cm³/mol. The number of amides is 2. The molecule has 4 aromatic rings. The third-order valence-corrected chi connectivity index (χ3v) is 8.60. The average Bonchev–Trinajstić information content (AvgIpc) is 3.61. The Hall–Kier alpha value is -5.28. The van der Waals surface area contributed by atoms with Crippen molar-refractivity contribution < 1.29 is 26.4 Å². The lowest BCUT2D eigenvalue weighted by molar-refractivity contribution is -0.122. The smallest absolute Gasteiger partial charge is 0.381 e. The molecule has 234 valence electrons. The van der Waals surface area contributed by atoms with Gasteiger partial charge in [-0.1, -0.05) is 12.1 Å². The Balaban J connectivity index is 1.31. The number of hydrogen-bond donors (Lipinski definition) is 4. The van der Waals surface area contributed by atoms with E-state index >= 15 is 0 Å². The molecule has 0 saturated carbocycles. The summed E-state index contributed by atoms with van der Waals surface area (Å²) in [6, 6.07) is 10.6. The number of aromatic nitrogens is 5. The number of nitriles is 1. The number of hydrogen-bond acceptors (Lipinski definition) is 9. The third kappa shape index (κ3) is 6.78. The summed E-state index contributed by atoms with van der Waals surface area (Å²) in [5.41, 5.74) is 1.83. The Bertz CT molecular complexity index is 1940. The Morgan fingerprint density at radius 1 is 1.22 bits per heavy atom. The van der Waals surface area contributed by atoms with Crippen molar-refractivity contribution in [3.05, 3.63) is 66.8 Å². The lowest BCUT2D eigenvalue weighted by atomic mass is 9.89. The van der Waals surface area contributed by atoms with Crippen LogP contribution in [0, 0.1) is 16.7 Å². The van der Waals surface area contributed by atoms with Crippen LogP contribution >= 0.6 is 0 Å². The summed E-state index contributed by atoms with van der Waals surface area (Å²) in [6.07, 6.45) is 2.66. The van der Waals surface area contributed by atoms with Gasteiger partial charge in [-0.05, 0) is 24.3 Å². The summed E-state index contributed by atoms with van der Waals surface area (Å²) in [6.45, 7) is -1.41. The zero-order chi connectivity index (χ0) is 32.4. The van der Waals surface area contributed by atoms with E-state index < -0.39 is 34.3 Å². The molecule has 3 aromatic heterocycles. The number of halogens is 3. The molecule has 0 bridgehead atoms. The number of nitrogens with zero attached hydrogens (tertiary/aromatic N) is 7. The number of carbonyl (C=O) groups is 1. The standard InChI is InChI=1S/C27H26F3N11O3S/c1-39-8-5-24(38-39)45(43,44)40-16-26(17-40,6-7-31)35-12-20(11-32)19-10-23-33-14-22(41(23)36-13-19)18-3-2-4-21(9-18)37-25(42)34-15-27(28,29)30/h2-5,8-14,32,35H,6,15-17H2,1H3,(H2,34,37,42)/b20-12+,32-11?. The van der Waals surface area contributed by atoms with Crippen LogP contribution in [0.2, 0.25) is 0 Å². The van der Waals surface area contributed by atoms with Crippen molar-refractivity contribution in [3.8, 4) is 17.3 Å². The molecule has 18 heteroatoms. The molecular weight excluding hydrogens is 615 g/mol. The first kappa shape index (κ1) is 31.2. The largest absolute Gasteiger partial charge is 0.405 e. The average molecular weight is 642 g/mol. The number of urea groups is 1. The number of anilines is 1. The van der Waals surface area contributed by atoms with Crippen molar-refractivity contribution in [3.63, 3.8) is 0 Å². The second-order valence-electron chi connectivity index (χ2n) is 10.3. The second kappa shape index (κ2) is 12.0. The van der Waals surface area contributed by atoms with Crippen LogP contribution in [0.25, 0.3) is 22.5 Å². The summed E-state index contributed by atoms with van der Waals surface area (Å²) < 4.78 is 67.1. The summed E-state index contributed by atoms with van der Waals surface area (Å²) in [7, 11) is -2.21. The van der Waals surface area contributed by atoms with Crippen LogP contribution in [0.4, 0.5) is 23.7 Å². The minimum Gasteiger partial charge on any atom is -0.381 e. The first-order valence-corrected chi connectivity index (χ1v) is 14.7. The maximum atomic E-state index is 12.9. The summed E-state index contributed by atoms with van der Waals surface area (Å²) in [5, 5.41) is 32.9. The van der Waals surface area contributed by atoms with Gasteiger partial charge in [-0.2, -0.15) is 32.9 Å². The number of alkyl halides is 3. The maximum Gasteiger partial charge on any atom is 0.405 e. The highest BCUT2D eigenvalue weighted by Crippen LogP contribution is 2.31. The van der Waals surface area contributed by atoms with E-state index in [-0.39, 0.29) is 30.2 Å². The SMILES string of the molecule is Cn1ccc(S(=O)(=O)N2CC(CC#N)(N/C=C(\C=N)c3cnn4c(-c5cccc(NC(=O)NCC(F)(F)F)c5)cnc4c3)C2)n1. The Labute approximate surface area is 254 Å². The van der Waals surface area contributed by atoms with Gasteiger partial charge in [0.2, 0.25) is 0 Å². The molecule has 1 fully saturated rings. The first-order valence-electron chi connectivity index (χ1n) is 13.2. The molecule has 1 aromatic carbocycles. The predicted octanol–water partition coefficient (Wildman–Crippen LogP) is 2.75. The van der Waals surface area contributed by atoms with Gasteiger partial charge in [0.1, 0.15) is 6.54 Å². The number of allylic oxidation sites excluding steroid dienone is 1. The van der Waals surface area contributed by atoms with Gasteiger partial charge in [0.15, 0.2) is 10.7 Å². The fourth-order valence-electron chi connectivity index (χ4n) is 4.65. The minimum atomic E-state index is -4.54. The zero-order valence-corrected chi connectivity index (χ0v) is 24.4. The van der Waals surface area contributed by atoms with Gasteiger partial charge in [0.25, 0.3) is 10.0 Å². The van der Waals surface area contributed by atoms with Crippen LogP contribution in [-0.2, 0) is 17.1 Å². The topological polar surface area (TPSA) is 186 Å². The third-order valence-electron chi connectivity index (χ3n) is 6.92. The molecule has 0 spiro atoms. The van der Waals surface area contributed by atoms with Crippen molar-refractivity contribution in [1.82, 2.24) is 39.3 Å². The van der Waals surface area contributed by atoms with Gasteiger partial charge in [-0.3, -0.25) is 4.68 Å². The van der Waals surface area contributed by atoms with Gasteiger partial charge >= 0.3 is 12.2 Å². The molecule has 14 nitrogen and oxygen atoms in total. The summed E-state index contributed by atoms with van der Waals surface area (Å²) >= 11 is 0. The van der Waals surface area contributed by atoms with Crippen molar-refractivity contribution >= 4 is 39.2 Å². The van der Waals surface area contributed by atoms with Crippen molar-refractivity contribution in [2.45, 2.75) is 23.2 Å². The van der Waals surface area contributed by atoms with E-state index in [1.54, 1.807) is 36.6 Å². The van der Waals surface area contributed by atoms with Crippen LogP contribution in [-0.4, -0.2) is 80.7 Å². The highest BCUT2D eigenvalue weighted by molar-refractivity contribution is 7.89. The van der Waals surface area contributed by atoms with Crippen LogP contribution in [0.3, 0.4) is 0 Å². The van der Waals surface area contributed by atoms with E-state index in [0.717, 1.165) is 6.21 Å². The Kier molecular flexibility index (Phi) is 8.32. The highest BCUT2D eigenvalue weighted by atomic mass is 32.2. The fraction of sp³-hybridized carbons (Fsp3) is 0.259. The maximum absolute atomic E-state index is 12.9. The number of nitrogens with one attached hydrogen (secondary N) is 4. The Morgan fingerprint density at radius 3 is 2.67 bits per heavy atom. The van der Waals surface area contributed by atoms with Crippen molar-refractivity contribution in [2.75, 3.05) is 25.0 Å². The molecule has 4 N–H and O–H groups in total. The number of benzene rings is 1. The molecule has 1 aliphatic heterocycles. The molecule has 0 unspecified atom stereocenters. The molecule has 4 heterocycles. The molecule has 1 saturated heterocycles. The van der Waals surface area contributed by atoms with Crippen LogP contribution in [0.15, 0.2) is 66.2 Å². The summed E-state index contributed by atoms with van der Waals surface area (Å²) in [5.74, 6) is 0. The van der Waals surface area contributed by atoms with E-state index in [4.69, 9.17) is 5.41 Å². The summed E-state index contributed by atoms with van der Waals surface area (Å²) in [4.78, 5) is 16.2. The number of sulfonamides is 1. The van der Waals surface area contributed by atoms with Crippen LogP contribution in [0.1, 0.15) is 12.0 Å². The molecule has 0 aliphatic carbocycles. The number of imidazole rings is 1. The van der Waals surface area contributed by atoms with E-state index in [1.807, 2.05) is 0 Å². The van der Waals surface area contributed by atoms with Crippen molar-refractivity contribution in [2.24, 2.45) is 7.05 Å². The quantitative estimate of drug-likeness (QED) is 0.190. The minimum absolute atomic E-state index is 0.0157. The highest BCUT2D eigenvalue weighted by Gasteiger charge is 2.48. The second-order valence-corrected chi connectivity index (χ2v) is 12.2. The van der Waals surface area contributed by atoms with Gasteiger partial charge in [0, 0.05) is 61.1 Å². The van der Waals surface area contributed by atoms with Crippen LogP contribution in [0.5, 0.6) is 0 Å². The molecule has 0 radical (unpaired) electrons. The molecule has 1 aliphatic rings. The fourth-order valence-corrected chi connectivity index (χ4v) is 6.21. The Morgan fingerprint density at radius 2 is 2.00 bits per heavy atom. The molecule has 0 atom stereocenters. The lowest BCUT2D eigenvalue weighted by Gasteiger charge is -2.48. The van der Waals surface area contributed by atoms with E-state index in [9.17, 15) is 31.6 Å². The van der Waals surface area contributed by atoms with E-state index in [1.165, 1.54) is 50.4 Å². The van der Waals surface area contributed by atoms with Gasteiger partial charge < -0.3 is 21.4 Å². The van der Waals surface area contributed by atoms with Gasteiger partial charge in [-0.15, -0.1) is 0 Å².